The second-order valence-corrected chi connectivity index (χ2v) is 5.33. The molecule has 1 aromatic carbocycles. The van der Waals surface area contributed by atoms with E-state index in [4.69, 9.17) is 0 Å². The van der Waals surface area contributed by atoms with Gasteiger partial charge in [-0.15, -0.1) is 0 Å². The van der Waals surface area contributed by atoms with Gasteiger partial charge in [-0.1, -0.05) is 31.5 Å². The van der Waals surface area contributed by atoms with Crippen molar-refractivity contribution in [2.75, 3.05) is 5.32 Å². The molecule has 1 heterocycles. The van der Waals surface area contributed by atoms with Crippen LogP contribution in [0.2, 0.25) is 0 Å². The Morgan fingerprint density at radius 3 is 2.89 bits per heavy atom. The van der Waals surface area contributed by atoms with Crippen LogP contribution in [0.5, 0.6) is 0 Å². The monoisotopic (exact) mass is 251 g/mol. The van der Waals surface area contributed by atoms with Gasteiger partial charge in [-0.05, 0) is 24.8 Å². The number of pyridine rings is 1. The summed E-state index contributed by atoms with van der Waals surface area (Å²) in [7, 11) is 0. The Morgan fingerprint density at radius 1 is 1.32 bits per heavy atom. The third-order valence-electron chi connectivity index (χ3n) is 4.09. The summed E-state index contributed by atoms with van der Waals surface area (Å²) < 4.78 is 0. The Labute approximate surface area is 113 Å². The minimum Gasteiger partial charge on any atom is -0.380 e. The quantitative estimate of drug-likeness (QED) is 0.885. The van der Waals surface area contributed by atoms with Crippen molar-refractivity contribution in [1.82, 2.24) is 4.98 Å². The van der Waals surface area contributed by atoms with Crippen LogP contribution in [-0.2, 0) is 0 Å². The minimum atomic E-state index is 0.470. The third kappa shape index (κ3) is 2.15. The van der Waals surface area contributed by atoms with Gasteiger partial charge in [0.25, 0.3) is 0 Å². The predicted octanol–water partition coefficient (Wildman–Crippen LogP) is 3.71. The standard InChI is InChI=1S/C16H17N3/c1-11-5-4-8-14(11)19-16-12(9-17)10-18-15-7-3-2-6-13(15)16/h2-3,6-7,10-11,14H,4-5,8H2,1H3,(H,18,19). The number of benzene rings is 1. The van der Waals surface area contributed by atoms with Crippen molar-refractivity contribution in [3.63, 3.8) is 0 Å². The third-order valence-corrected chi connectivity index (χ3v) is 4.09. The lowest BCUT2D eigenvalue weighted by Crippen LogP contribution is -2.22. The van der Waals surface area contributed by atoms with Crippen molar-refractivity contribution < 1.29 is 0 Å². The zero-order valence-electron chi connectivity index (χ0n) is 11.1. The zero-order chi connectivity index (χ0) is 13.2. The van der Waals surface area contributed by atoms with Gasteiger partial charge in [0, 0.05) is 17.6 Å². The van der Waals surface area contributed by atoms with Crippen LogP contribution >= 0.6 is 0 Å². The molecular formula is C16H17N3. The normalized spacial score (nSPS) is 22.3. The summed E-state index contributed by atoms with van der Waals surface area (Å²) in [5.41, 5.74) is 2.53. The molecule has 1 aliphatic carbocycles. The van der Waals surface area contributed by atoms with Gasteiger partial charge in [0.2, 0.25) is 0 Å². The van der Waals surface area contributed by atoms with Crippen molar-refractivity contribution in [1.29, 1.82) is 5.26 Å². The highest BCUT2D eigenvalue weighted by molar-refractivity contribution is 5.93. The fourth-order valence-electron chi connectivity index (χ4n) is 2.93. The highest BCUT2D eigenvalue weighted by atomic mass is 14.9. The van der Waals surface area contributed by atoms with Gasteiger partial charge in [0.05, 0.1) is 16.8 Å². The SMILES string of the molecule is CC1CCCC1Nc1c(C#N)cnc2ccccc12. The zero-order valence-corrected chi connectivity index (χ0v) is 11.1. The number of rotatable bonds is 2. The topological polar surface area (TPSA) is 48.7 Å². The summed E-state index contributed by atoms with van der Waals surface area (Å²) >= 11 is 0. The van der Waals surface area contributed by atoms with Crippen LogP contribution < -0.4 is 5.32 Å². The molecule has 2 unspecified atom stereocenters. The van der Waals surface area contributed by atoms with E-state index >= 15 is 0 Å². The first-order valence-electron chi connectivity index (χ1n) is 6.84. The number of nitriles is 1. The molecule has 19 heavy (non-hydrogen) atoms. The number of fused-ring (bicyclic) bond motifs is 1. The van der Waals surface area contributed by atoms with E-state index in [1.165, 1.54) is 19.3 Å². The number of nitrogens with zero attached hydrogens (tertiary/aromatic N) is 2. The lowest BCUT2D eigenvalue weighted by atomic mass is 10.0. The highest BCUT2D eigenvalue weighted by Crippen LogP contribution is 2.32. The van der Waals surface area contributed by atoms with Crippen molar-refractivity contribution in [3.8, 4) is 6.07 Å². The van der Waals surface area contributed by atoms with Crippen LogP contribution in [0, 0.1) is 17.2 Å². The van der Waals surface area contributed by atoms with E-state index < -0.39 is 0 Å². The van der Waals surface area contributed by atoms with Crippen molar-refractivity contribution in [3.05, 3.63) is 36.0 Å². The molecule has 0 amide bonds. The van der Waals surface area contributed by atoms with Crippen molar-refractivity contribution in [2.45, 2.75) is 32.2 Å². The molecule has 1 aromatic heterocycles. The van der Waals surface area contributed by atoms with Crippen LogP contribution in [-0.4, -0.2) is 11.0 Å². The molecule has 2 aromatic rings. The lowest BCUT2D eigenvalue weighted by Gasteiger charge is -2.20. The molecule has 3 rings (SSSR count). The maximum Gasteiger partial charge on any atom is 0.103 e. The number of anilines is 1. The average Bonchev–Trinajstić information content (AvgIpc) is 2.85. The maximum atomic E-state index is 9.29. The summed E-state index contributed by atoms with van der Waals surface area (Å²) in [6.07, 6.45) is 5.39. The first-order valence-corrected chi connectivity index (χ1v) is 6.84. The van der Waals surface area contributed by atoms with Crippen LogP contribution in [0.4, 0.5) is 5.69 Å². The molecule has 1 fully saturated rings. The van der Waals surface area contributed by atoms with Gasteiger partial charge in [0.1, 0.15) is 6.07 Å². The molecule has 1 N–H and O–H groups in total. The Hall–Kier alpha value is -2.08. The van der Waals surface area contributed by atoms with Gasteiger partial charge in [-0.25, -0.2) is 0 Å². The van der Waals surface area contributed by atoms with E-state index in [1.54, 1.807) is 6.20 Å². The van der Waals surface area contributed by atoms with Crippen LogP contribution in [0.3, 0.4) is 0 Å². The number of nitrogens with one attached hydrogen (secondary N) is 1. The minimum absolute atomic E-state index is 0.470. The van der Waals surface area contributed by atoms with E-state index in [2.05, 4.69) is 23.3 Å². The van der Waals surface area contributed by atoms with E-state index in [0.29, 0.717) is 17.5 Å². The van der Waals surface area contributed by atoms with E-state index in [9.17, 15) is 5.26 Å². The van der Waals surface area contributed by atoms with E-state index in [1.807, 2.05) is 24.3 Å². The Bertz CT molecular complexity index is 642. The number of hydrogen-bond acceptors (Lipinski definition) is 3. The molecule has 0 bridgehead atoms. The summed E-state index contributed by atoms with van der Waals surface area (Å²) in [5, 5.41) is 13.9. The Balaban J connectivity index is 2.07. The number of para-hydroxylation sites is 1. The fourth-order valence-corrected chi connectivity index (χ4v) is 2.93. The molecule has 0 spiro atoms. The second kappa shape index (κ2) is 4.89. The Kier molecular flexibility index (Phi) is 3.08. The van der Waals surface area contributed by atoms with Crippen molar-refractivity contribution >= 4 is 16.6 Å². The molecular weight excluding hydrogens is 234 g/mol. The number of aromatic nitrogens is 1. The summed E-state index contributed by atoms with van der Waals surface area (Å²) in [6, 6.07) is 10.7. The predicted molar refractivity (Wildman–Crippen MR) is 76.9 cm³/mol. The average molecular weight is 251 g/mol. The molecule has 1 aliphatic rings. The van der Waals surface area contributed by atoms with Crippen LogP contribution in [0.15, 0.2) is 30.5 Å². The summed E-state index contributed by atoms with van der Waals surface area (Å²) in [6.45, 7) is 2.28. The van der Waals surface area contributed by atoms with Crippen LogP contribution in [0.25, 0.3) is 10.9 Å². The molecule has 2 atom stereocenters. The second-order valence-electron chi connectivity index (χ2n) is 5.33. The smallest absolute Gasteiger partial charge is 0.103 e. The summed E-state index contributed by atoms with van der Waals surface area (Å²) in [4.78, 5) is 4.34. The molecule has 3 heteroatoms. The van der Waals surface area contributed by atoms with Gasteiger partial charge in [-0.3, -0.25) is 4.98 Å². The first-order chi connectivity index (χ1) is 9.29. The Morgan fingerprint density at radius 2 is 2.16 bits per heavy atom. The molecule has 1 saturated carbocycles. The lowest BCUT2D eigenvalue weighted by molar-refractivity contribution is 0.556. The van der Waals surface area contributed by atoms with Crippen molar-refractivity contribution in [2.24, 2.45) is 5.92 Å². The molecule has 0 aliphatic heterocycles. The largest absolute Gasteiger partial charge is 0.380 e. The first kappa shape index (κ1) is 12.0. The molecule has 0 saturated heterocycles. The molecule has 0 radical (unpaired) electrons. The van der Waals surface area contributed by atoms with Crippen LogP contribution in [0.1, 0.15) is 31.7 Å². The highest BCUT2D eigenvalue weighted by Gasteiger charge is 2.24. The van der Waals surface area contributed by atoms with Gasteiger partial charge in [0.15, 0.2) is 0 Å². The van der Waals surface area contributed by atoms with E-state index in [0.717, 1.165) is 16.6 Å². The number of hydrogen-bond donors (Lipinski definition) is 1. The van der Waals surface area contributed by atoms with Gasteiger partial charge < -0.3 is 5.32 Å². The van der Waals surface area contributed by atoms with Gasteiger partial charge in [-0.2, -0.15) is 5.26 Å². The molecule has 96 valence electrons. The maximum absolute atomic E-state index is 9.29. The summed E-state index contributed by atoms with van der Waals surface area (Å²) in [5.74, 6) is 0.665. The fraction of sp³-hybridized carbons (Fsp3) is 0.375. The van der Waals surface area contributed by atoms with Gasteiger partial charge >= 0.3 is 0 Å². The van der Waals surface area contributed by atoms with E-state index in [-0.39, 0.29) is 0 Å². The molecule has 3 nitrogen and oxygen atoms in total.